The number of fused-ring (bicyclic) bond motifs is 1. The predicted octanol–water partition coefficient (Wildman–Crippen LogP) is 4.55. The van der Waals surface area contributed by atoms with Gasteiger partial charge in [0.2, 0.25) is 0 Å². The van der Waals surface area contributed by atoms with Gasteiger partial charge in [-0.25, -0.2) is 28.2 Å². The van der Waals surface area contributed by atoms with Gasteiger partial charge in [0.1, 0.15) is 17.5 Å². The molecule has 0 N–H and O–H groups in total. The number of alkyl halides is 2. The third-order valence-corrected chi connectivity index (χ3v) is 5.52. The van der Waals surface area contributed by atoms with Gasteiger partial charge in [-0.05, 0) is 12.1 Å². The van der Waals surface area contributed by atoms with Gasteiger partial charge >= 0.3 is 0 Å². The zero-order valence-corrected chi connectivity index (χ0v) is 17.2. The fourth-order valence-electron chi connectivity index (χ4n) is 3.57. The molecule has 3 aliphatic heterocycles. The summed E-state index contributed by atoms with van der Waals surface area (Å²) in [5, 5.41) is 10.2. The summed E-state index contributed by atoms with van der Waals surface area (Å²) in [7, 11) is 0. The number of rotatable bonds is 2. The van der Waals surface area contributed by atoms with Gasteiger partial charge in [0.25, 0.3) is 5.92 Å². The summed E-state index contributed by atoms with van der Waals surface area (Å²) in [5.41, 5.74) is -0.111. The maximum atomic E-state index is 14.3. The Morgan fingerprint density at radius 1 is 1.28 bits per heavy atom. The van der Waals surface area contributed by atoms with Crippen LogP contribution in [0.25, 0.3) is 0 Å². The molecular weight excluding hydrogens is 405 g/mol. The number of hydrogen-bond donors (Lipinski definition) is 0. The molecule has 1 saturated heterocycles. The Morgan fingerprint density at radius 3 is 2.66 bits per heavy atom. The Bertz CT molecular complexity index is 887. The number of benzene rings is 1. The van der Waals surface area contributed by atoms with Crippen LogP contribution in [0.1, 0.15) is 32.8 Å². The largest absolute Gasteiger partial charge is 0.352 e. The smallest absolute Gasteiger partial charge is 0.266 e. The molecule has 10 heteroatoms. The van der Waals surface area contributed by atoms with Crippen molar-refractivity contribution in [2.45, 2.75) is 51.9 Å². The molecule has 0 radical (unpaired) electrons. The Balaban J connectivity index is 1.66. The molecule has 6 nitrogen and oxygen atoms in total. The molecule has 0 aromatic heterocycles. The highest BCUT2D eigenvalue weighted by Gasteiger charge is 2.47. The second-order valence-corrected chi connectivity index (χ2v) is 8.97. The van der Waals surface area contributed by atoms with Crippen LogP contribution in [0, 0.1) is 11.2 Å². The zero-order valence-electron chi connectivity index (χ0n) is 16.4. The average Bonchev–Trinajstić information content (AvgIpc) is 3.19. The molecule has 3 heterocycles. The molecule has 4 rings (SSSR count). The highest BCUT2D eigenvalue weighted by atomic mass is 35.5. The second-order valence-electron chi connectivity index (χ2n) is 8.56. The van der Waals surface area contributed by atoms with Gasteiger partial charge in [0, 0.05) is 29.0 Å². The van der Waals surface area contributed by atoms with Crippen LogP contribution in [0.2, 0.25) is 5.02 Å². The van der Waals surface area contributed by atoms with Crippen molar-refractivity contribution in [3.05, 3.63) is 34.6 Å². The normalized spacial score (nSPS) is 25.9. The van der Waals surface area contributed by atoms with Crippen molar-refractivity contribution in [2.24, 2.45) is 25.7 Å². The molecule has 1 aromatic rings. The molecule has 0 spiro atoms. The number of amidine groups is 2. The number of hydrogen-bond acceptors (Lipinski definition) is 6. The topological polar surface area (TPSA) is 55.9 Å². The highest BCUT2D eigenvalue weighted by molar-refractivity contribution is 6.31. The number of halogens is 4. The van der Waals surface area contributed by atoms with Crippen LogP contribution in [-0.2, 0) is 6.54 Å². The lowest BCUT2D eigenvalue weighted by molar-refractivity contribution is 0.0173. The van der Waals surface area contributed by atoms with Gasteiger partial charge in [-0.1, -0.05) is 43.7 Å². The van der Waals surface area contributed by atoms with E-state index in [0.717, 1.165) is 0 Å². The summed E-state index contributed by atoms with van der Waals surface area (Å²) < 4.78 is 41.9. The van der Waals surface area contributed by atoms with Crippen LogP contribution in [0.15, 0.2) is 38.5 Å². The van der Waals surface area contributed by atoms with Crippen molar-refractivity contribution in [3.63, 3.8) is 0 Å². The van der Waals surface area contributed by atoms with Crippen LogP contribution in [-0.4, -0.2) is 52.8 Å². The first-order chi connectivity index (χ1) is 13.5. The van der Waals surface area contributed by atoms with E-state index in [1.54, 1.807) is 16.0 Å². The first-order valence-corrected chi connectivity index (χ1v) is 9.83. The Morgan fingerprint density at radius 2 is 2.03 bits per heavy atom. The molecule has 3 aliphatic rings. The quantitative estimate of drug-likeness (QED) is 0.696. The minimum Gasteiger partial charge on any atom is -0.352 e. The summed E-state index contributed by atoms with van der Waals surface area (Å²) in [6.45, 7) is 5.72. The van der Waals surface area contributed by atoms with E-state index in [2.05, 4.69) is 15.3 Å². The van der Waals surface area contributed by atoms with E-state index in [1.807, 2.05) is 20.8 Å². The summed E-state index contributed by atoms with van der Waals surface area (Å²) in [6, 6.07) is 3.86. The lowest BCUT2D eigenvalue weighted by Gasteiger charge is -2.33. The average molecular weight is 427 g/mol. The van der Waals surface area contributed by atoms with Crippen molar-refractivity contribution in [1.29, 1.82) is 0 Å². The van der Waals surface area contributed by atoms with E-state index < -0.39 is 35.9 Å². The molecular formula is C19H22ClF3N6. The maximum absolute atomic E-state index is 14.3. The van der Waals surface area contributed by atoms with Crippen LogP contribution in [0.5, 0.6) is 0 Å². The monoisotopic (exact) mass is 426 g/mol. The lowest BCUT2D eigenvalue weighted by Crippen LogP contribution is -2.49. The summed E-state index contributed by atoms with van der Waals surface area (Å²) in [6.07, 6.45) is -0.807. The standard InChI is InChI=1S/C19H22ClF3N6/c1-18(2,3)17-24-15(28-8-7-19(22,23)10-28)14-16(25-17)29(27-26-14)9-11-12(20)5-4-6-13(11)21/h4-6,14,16H,7-10H2,1-3H3. The van der Waals surface area contributed by atoms with Crippen molar-refractivity contribution in [1.82, 2.24) is 9.91 Å². The first kappa shape index (κ1) is 20.1. The van der Waals surface area contributed by atoms with Gasteiger partial charge in [-0.3, -0.25) is 0 Å². The van der Waals surface area contributed by atoms with Crippen molar-refractivity contribution in [3.8, 4) is 0 Å². The molecule has 2 atom stereocenters. The minimum atomic E-state index is -2.76. The number of nitrogens with zero attached hydrogens (tertiary/aromatic N) is 6. The van der Waals surface area contributed by atoms with Gasteiger partial charge in [-0.2, -0.15) is 5.11 Å². The number of aliphatic imine (C=N–C) groups is 2. The third kappa shape index (κ3) is 3.84. The first-order valence-electron chi connectivity index (χ1n) is 9.45. The molecule has 0 bridgehead atoms. The van der Waals surface area contributed by atoms with Crippen molar-refractivity contribution >= 4 is 23.3 Å². The Labute approximate surface area is 172 Å². The minimum absolute atomic E-state index is 0.0700. The van der Waals surface area contributed by atoms with E-state index in [0.29, 0.717) is 11.7 Å². The number of likely N-dealkylation sites (tertiary alicyclic amines) is 1. The van der Waals surface area contributed by atoms with Crippen LogP contribution < -0.4 is 0 Å². The molecule has 0 amide bonds. The van der Waals surface area contributed by atoms with E-state index in [9.17, 15) is 13.2 Å². The summed E-state index contributed by atoms with van der Waals surface area (Å²) in [4.78, 5) is 10.9. The molecule has 0 saturated carbocycles. The lowest BCUT2D eigenvalue weighted by atomic mass is 9.94. The van der Waals surface area contributed by atoms with E-state index >= 15 is 0 Å². The van der Waals surface area contributed by atoms with E-state index in [-0.39, 0.29) is 30.1 Å². The second kappa shape index (κ2) is 6.97. The van der Waals surface area contributed by atoms with Crippen molar-refractivity contribution in [2.75, 3.05) is 13.1 Å². The highest BCUT2D eigenvalue weighted by Crippen LogP contribution is 2.35. The maximum Gasteiger partial charge on any atom is 0.266 e. The fraction of sp³-hybridized carbons (Fsp3) is 0.579. The zero-order chi connectivity index (χ0) is 21.0. The fourth-order valence-corrected chi connectivity index (χ4v) is 3.79. The Hall–Kier alpha value is -2.16. The van der Waals surface area contributed by atoms with Crippen LogP contribution >= 0.6 is 11.6 Å². The molecule has 156 valence electrons. The summed E-state index contributed by atoms with van der Waals surface area (Å²) >= 11 is 6.16. The molecule has 1 aromatic carbocycles. The van der Waals surface area contributed by atoms with Crippen LogP contribution in [0.4, 0.5) is 13.2 Å². The SMILES string of the molecule is CC(C)(C)C1=NC2C(N=NN2Cc2c(F)cccc2Cl)C(N2CCC(F)(F)C2)=N1. The molecule has 0 aliphatic carbocycles. The van der Waals surface area contributed by atoms with Crippen molar-refractivity contribution < 1.29 is 13.2 Å². The van der Waals surface area contributed by atoms with Gasteiger partial charge in [0.05, 0.1) is 13.1 Å². The predicted molar refractivity (Wildman–Crippen MR) is 105 cm³/mol. The summed E-state index contributed by atoms with van der Waals surface area (Å²) in [5.74, 6) is -2.23. The van der Waals surface area contributed by atoms with E-state index in [1.165, 1.54) is 12.1 Å². The van der Waals surface area contributed by atoms with E-state index in [4.69, 9.17) is 16.6 Å². The van der Waals surface area contributed by atoms with Gasteiger partial charge in [-0.15, -0.1) is 0 Å². The third-order valence-electron chi connectivity index (χ3n) is 5.16. The van der Waals surface area contributed by atoms with Crippen LogP contribution in [0.3, 0.4) is 0 Å². The molecule has 29 heavy (non-hydrogen) atoms. The van der Waals surface area contributed by atoms with Gasteiger partial charge in [0.15, 0.2) is 12.2 Å². The Kier molecular flexibility index (Phi) is 4.83. The van der Waals surface area contributed by atoms with Gasteiger partial charge < -0.3 is 4.90 Å². The molecule has 2 unspecified atom stereocenters. The molecule has 1 fully saturated rings.